The van der Waals surface area contributed by atoms with Crippen LogP contribution in [0.25, 0.3) is 10.2 Å². The van der Waals surface area contributed by atoms with Gasteiger partial charge in [-0.25, -0.2) is 9.78 Å². The molecule has 2 aromatic heterocycles. The van der Waals surface area contributed by atoms with E-state index in [9.17, 15) is 14.7 Å². The molecule has 0 atom stereocenters. The van der Waals surface area contributed by atoms with Crippen molar-refractivity contribution in [2.24, 2.45) is 0 Å². The second kappa shape index (κ2) is 6.42. The van der Waals surface area contributed by atoms with Gasteiger partial charge in [0, 0.05) is 11.1 Å². The molecule has 4 N–H and O–H groups in total. The highest BCUT2D eigenvalue weighted by Gasteiger charge is 2.21. The van der Waals surface area contributed by atoms with Gasteiger partial charge < -0.3 is 16.2 Å². The van der Waals surface area contributed by atoms with E-state index in [0.717, 1.165) is 41.6 Å². The van der Waals surface area contributed by atoms with Crippen LogP contribution in [0.3, 0.4) is 0 Å². The topological polar surface area (TPSA) is 105 Å². The van der Waals surface area contributed by atoms with E-state index in [1.165, 1.54) is 23.0 Å². The van der Waals surface area contributed by atoms with Gasteiger partial charge >= 0.3 is 5.97 Å². The number of pyridine rings is 1. The van der Waals surface area contributed by atoms with Crippen LogP contribution in [0.4, 0.5) is 11.4 Å². The Bertz CT molecular complexity index is 1040. The number of nitrogen functional groups attached to an aromatic ring is 1. The number of aryl methyl sites for hydroxylation is 2. The van der Waals surface area contributed by atoms with E-state index in [1.54, 1.807) is 18.2 Å². The van der Waals surface area contributed by atoms with Gasteiger partial charge in [0.1, 0.15) is 9.71 Å². The molecule has 132 valence electrons. The van der Waals surface area contributed by atoms with Gasteiger partial charge in [-0.15, -0.1) is 11.3 Å². The first-order chi connectivity index (χ1) is 12.5. The maximum Gasteiger partial charge on any atom is 0.337 e. The number of carboxylic acids is 1. The lowest BCUT2D eigenvalue weighted by Gasteiger charge is -2.14. The fraction of sp³-hybridized carbons (Fsp3) is 0.211. The minimum absolute atomic E-state index is 0.0362. The van der Waals surface area contributed by atoms with Crippen molar-refractivity contribution in [1.29, 1.82) is 0 Å². The van der Waals surface area contributed by atoms with Gasteiger partial charge in [-0.1, -0.05) is 12.1 Å². The van der Waals surface area contributed by atoms with E-state index in [1.807, 2.05) is 6.07 Å². The second-order valence-electron chi connectivity index (χ2n) is 6.30. The number of nitrogens with zero attached hydrogens (tertiary/aromatic N) is 1. The smallest absolute Gasteiger partial charge is 0.337 e. The van der Waals surface area contributed by atoms with Crippen molar-refractivity contribution < 1.29 is 14.7 Å². The minimum atomic E-state index is -1.10. The Morgan fingerprint density at radius 3 is 2.77 bits per heavy atom. The van der Waals surface area contributed by atoms with Crippen LogP contribution in [0, 0.1) is 0 Å². The van der Waals surface area contributed by atoms with Gasteiger partial charge in [0.05, 0.1) is 16.9 Å². The van der Waals surface area contributed by atoms with E-state index >= 15 is 0 Å². The third-order valence-electron chi connectivity index (χ3n) is 4.61. The highest BCUT2D eigenvalue weighted by atomic mass is 32.1. The molecule has 26 heavy (non-hydrogen) atoms. The van der Waals surface area contributed by atoms with Crippen LogP contribution < -0.4 is 11.1 Å². The molecule has 6 nitrogen and oxygen atoms in total. The summed E-state index contributed by atoms with van der Waals surface area (Å²) < 4.78 is 0. The molecule has 0 saturated carbocycles. The molecule has 0 fully saturated rings. The number of hydrogen-bond acceptors (Lipinski definition) is 5. The molecule has 0 radical (unpaired) electrons. The summed E-state index contributed by atoms with van der Waals surface area (Å²) in [5.41, 5.74) is 9.19. The molecule has 4 rings (SSSR count). The molecular formula is C19H17N3O3S. The summed E-state index contributed by atoms with van der Waals surface area (Å²) >= 11 is 1.24. The van der Waals surface area contributed by atoms with Gasteiger partial charge in [0.2, 0.25) is 0 Å². The highest BCUT2D eigenvalue weighted by Crippen LogP contribution is 2.36. The number of carbonyl (C=O) groups excluding carboxylic acids is 1. The number of carbonyl (C=O) groups is 2. The number of carboxylic acid groups (broad SMARTS) is 1. The highest BCUT2D eigenvalue weighted by molar-refractivity contribution is 7.21. The number of para-hydroxylation sites is 1. The van der Waals surface area contributed by atoms with E-state index in [4.69, 9.17) is 10.7 Å². The zero-order chi connectivity index (χ0) is 18.3. The maximum atomic E-state index is 12.7. The average molecular weight is 367 g/mol. The average Bonchev–Trinajstić information content (AvgIpc) is 2.96. The standard InChI is InChI=1S/C19H17N3O3S/c20-15-12-9-10-5-1-3-7-13(10)22-18(12)26-16(15)17(23)21-14-8-4-2-6-11(14)19(24)25/h2,4,6,8-9H,1,3,5,7,20H2,(H,21,23)(H,24,25). The first-order valence-corrected chi connectivity index (χ1v) is 9.20. The van der Waals surface area contributed by atoms with E-state index in [0.29, 0.717) is 10.6 Å². The molecule has 3 aromatic rings. The summed E-state index contributed by atoms with van der Waals surface area (Å²) in [7, 11) is 0. The van der Waals surface area contributed by atoms with Gasteiger partial charge in [-0.3, -0.25) is 4.79 Å². The zero-order valence-electron chi connectivity index (χ0n) is 13.9. The Balaban J connectivity index is 1.71. The first kappa shape index (κ1) is 16.5. The molecule has 1 amide bonds. The van der Waals surface area contributed by atoms with Crippen molar-refractivity contribution >= 4 is 44.8 Å². The third-order valence-corrected chi connectivity index (χ3v) is 5.73. The Kier molecular flexibility index (Phi) is 4.08. The van der Waals surface area contributed by atoms with E-state index < -0.39 is 11.9 Å². The fourth-order valence-electron chi connectivity index (χ4n) is 3.29. The number of aromatic nitrogens is 1. The maximum absolute atomic E-state index is 12.7. The Morgan fingerprint density at radius 2 is 1.96 bits per heavy atom. The molecule has 0 spiro atoms. The number of amides is 1. The second-order valence-corrected chi connectivity index (χ2v) is 7.30. The fourth-order valence-corrected chi connectivity index (χ4v) is 4.28. The van der Waals surface area contributed by atoms with Crippen LogP contribution in [0.2, 0.25) is 0 Å². The van der Waals surface area contributed by atoms with Gasteiger partial charge in [0.15, 0.2) is 0 Å². The first-order valence-electron chi connectivity index (χ1n) is 8.39. The lowest BCUT2D eigenvalue weighted by atomic mass is 9.95. The lowest BCUT2D eigenvalue weighted by molar-refractivity contribution is 0.0698. The quantitative estimate of drug-likeness (QED) is 0.654. The number of anilines is 2. The third kappa shape index (κ3) is 2.80. The van der Waals surface area contributed by atoms with Crippen molar-refractivity contribution in [3.63, 3.8) is 0 Å². The molecule has 7 heteroatoms. The Labute approximate surface area is 153 Å². The summed E-state index contributed by atoms with van der Waals surface area (Å²) in [6.45, 7) is 0. The number of rotatable bonds is 3. The number of benzene rings is 1. The molecule has 1 aliphatic rings. The molecule has 0 aliphatic heterocycles. The minimum Gasteiger partial charge on any atom is -0.478 e. The predicted molar refractivity (Wildman–Crippen MR) is 102 cm³/mol. The summed E-state index contributed by atoms with van der Waals surface area (Å²) in [6, 6.07) is 8.33. The number of aromatic carboxylic acids is 1. The number of thiophene rings is 1. The molecule has 2 heterocycles. The van der Waals surface area contributed by atoms with Crippen LogP contribution in [-0.4, -0.2) is 22.0 Å². The normalized spacial score (nSPS) is 13.4. The molecule has 0 saturated heterocycles. The van der Waals surface area contributed by atoms with E-state index in [2.05, 4.69) is 5.32 Å². The number of nitrogens with one attached hydrogen (secondary N) is 1. The molecule has 1 aromatic carbocycles. The van der Waals surface area contributed by atoms with Crippen molar-refractivity contribution in [2.45, 2.75) is 25.7 Å². The van der Waals surface area contributed by atoms with E-state index in [-0.39, 0.29) is 11.3 Å². The largest absolute Gasteiger partial charge is 0.478 e. The van der Waals surface area contributed by atoms with Crippen molar-refractivity contribution in [3.05, 3.63) is 52.0 Å². The molecule has 1 aliphatic carbocycles. The monoisotopic (exact) mass is 367 g/mol. The summed E-state index contributed by atoms with van der Waals surface area (Å²) in [5, 5.41) is 12.7. The molecule has 0 unspecified atom stereocenters. The number of hydrogen-bond donors (Lipinski definition) is 3. The van der Waals surface area contributed by atoms with Crippen LogP contribution in [0.15, 0.2) is 30.3 Å². The lowest BCUT2D eigenvalue weighted by Crippen LogP contribution is -2.14. The SMILES string of the molecule is Nc1c(C(=O)Nc2ccccc2C(=O)O)sc2nc3c(cc12)CCCC3. The van der Waals surface area contributed by atoms with Gasteiger partial charge in [-0.05, 0) is 49.4 Å². The summed E-state index contributed by atoms with van der Waals surface area (Å²) in [5.74, 6) is -1.52. The molecular weight excluding hydrogens is 350 g/mol. The number of fused-ring (bicyclic) bond motifs is 2. The summed E-state index contributed by atoms with van der Waals surface area (Å²) in [4.78, 5) is 29.8. The van der Waals surface area contributed by atoms with Crippen LogP contribution in [0.5, 0.6) is 0 Å². The van der Waals surface area contributed by atoms with Crippen LogP contribution >= 0.6 is 11.3 Å². The Morgan fingerprint density at radius 1 is 1.19 bits per heavy atom. The van der Waals surface area contributed by atoms with Crippen molar-refractivity contribution in [2.75, 3.05) is 11.1 Å². The summed E-state index contributed by atoms with van der Waals surface area (Å²) in [6.07, 6.45) is 4.22. The van der Waals surface area contributed by atoms with Crippen molar-refractivity contribution in [1.82, 2.24) is 4.98 Å². The predicted octanol–water partition coefficient (Wildman–Crippen LogP) is 3.71. The van der Waals surface area contributed by atoms with Gasteiger partial charge in [0.25, 0.3) is 5.91 Å². The number of nitrogens with two attached hydrogens (primary N) is 1. The van der Waals surface area contributed by atoms with Crippen molar-refractivity contribution in [3.8, 4) is 0 Å². The molecule has 0 bridgehead atoms. The van der Waals surface area contributed by atoms with Gasteiger partial charge in [-0.2, -0.15) is 0 Å². The Hall–Kier alpha value is -2.93. The van der Waals surface area contributed by atoms with Crippen LogP contribution in [0.1, 0.15) is 44.1 Å². The zero-order valence-corrected chi connectivity index (χ0v) is 14.7. The van der Waals surface area contributed by atoms with Crippen LogP contribution in [-0.2, 0) is 12.8 Å².